The van der Waals surface area contributed by atoms with Crippen LogP contribution >= 0.6 is 0 Å². The van der Waals surface area contributed by atoms with Gasteiger partial charge in [0.15, 0.2) is 0 Å². The fourth-order valence-electron chi connectivity index (χ4n) is 6.64. The van der Waals surface area contributed by atoms with E-state index in [-0.39, 0.29) is 5.91 Å². The summed E-state index contributed by atoms with van der Waals surface area (Å²) in [5.41, 5.74) is 1.90. The number of aromatic amines is 2. The Morgan fingerprint density at radius 2 is 1.47 bits per heavy atom. The largest absolute Gasteiger partial charge is 0.347 e. The topological polar surface area (TPSA) is 92.9 Å². The van der Waals surface area contributed by atoms with Gasteiger partial charge in [0.1, 0.15) is 11.6 Å². The van der Waals surface area contributed by atoms with E-state index in [2.05, 4.69) is 56.1 Å². The number of hydrogen-bond acceptors (Lipinski definition) is 5. The summed E-state index contributed by atoms with van der Waals surface area (Å²) in [6.07, 6.45) is 14.8. The maximum absolute atomic E-state index is 13.4. The Labute approximate surface area is 226 Å². The fourth-order valence-corrected chi connectivity index (χ4v) is 6.64. The minimum absolute atomic E-state index is 0.0318. The maximum Gasteiger partial charge on any atom is 0.254 e. The lowest BCUT2D eigenvalue weighted by Gasteiger charge is -2.29. The smallest absolute Gasteiger partial charge is 0.254 e. The van der Waals surface area contributed by atoms with Gasteiger partial charge in [-0.1, -0.05) is 26.0 Å². The van der Waals surface area contributed by atoms with Crippen LogP contribution in [0.25, 0.3) is 0 Å². The van der Waals surface area contributed by atoms with E-state index in [0.29, 0.717) is 24.7 Å². The van der Waals surface area contributed by atoms with Gasteiger partial charge in [-0.2, -0.15) is 0 Å². The number of H-pyrrole nitrogens is 2. The SMILES string of the molecule is CCCN(CCC)C1CC2CC(NCc3ccc(C(=O)N(Cc4ncc[nH]4)Cc4ncc[nH]4)cc3)CC2C1. The molecule has 1 aromatic carbocycles. The number of amides is 1. The van der Waals surface area contributed by atoms with Crippen molar-refractivity contribution in [1.82, 2.24) is 35.1 Å². The number of nitrogens with zero attached hydrogens (tertiary/aromatic N) is 4. The number of carbonyl (C=O) groups excluding carboxylic acids is 1. The Morgan fingerprint density at radius 1 is 0.895 bits per heavy atom. The highest BCUT2D eigenvalue weighted by molar-refractivity contribution is 5.94. The fraction of sp³-hybridized carbons (Fsp3) is 0.567. The molecule has 2 saturated carbocycles. The molecule has 2 aromatic heterocycles. The third-order valence-corrected chi connectivity index (χ3v) is 8.40. The summed E-state index contributed by atoms with van der Waals surface area (Å²) in [5, 5.41) is 3.82. The molecular formula is C30H43N7O. The van der Waals surface area contributed by atoms with Gasteiger partial charge in [0, 0.05) is 49.0 Å². The van der Waals surface area contributed by atoms with Crippen LogP contribution in [0, 0.1) is 11.8 Å². The molecule has 2 fully saturated rings. The van der Waals surface area contributed by atoms with E-state index in [9.17, 15) is 4.79 Å². The van der Waals surface area contributed by atoms with Crippen molar-refractivity contribution in [1.29, 1.82) is 0 Å². The van der Waals surface area contributed by atoms with E-state index in [1.54, 1.807) is 29.7 Å². The Bertz CT molecular complexity index is 1060. The standard InChI is InChI=1S/C30H43N7O/c1-3-13-36(14-4-2)27-17-24-15-26(16-25(24)18-27)35-19-22-5-7-23(8-6-22)30(38)37(20-28-31-9-10-32-28)21-29-33-11-12-34-29/h5-12,24-27,35H,3-4,13-21H2,1-2H3,(H,31,32)(H,33,34). The molecule has 3 N–H and O–H groups in total. The molecule has 2 unspecified atom stereocenters. The summed E-state index contributed by atoms with van der Waals surface area (Å²) in [6, 6.07) is 9.46. The highest BCUT2D eigenvalue weighted by Crippen LogP contribution is 2.45. The number of rotatable bonds is 13. The number of aromatic nitrogens is 4. The van der Waals surface area contributed by atoms with Crippen LogP contribution in [0.4, 0.5) is 0 Å². The minimum Gasteiger partial charge on any atom is -0.347 e. The van der Waals surface area contributed by atoms with E-state index >= 15 is 0 Å². The van der Waals surface area contributed by atoms with Gasteiger partial charge in [-0.3, -0.25) is 4.79 Å². The summed E-state index contributed by atoms with van der Waals surface area (Å²) in [7, 11) is 0. The molecule has 2 aliphatic rings. The summed E-state index contributed by atoms with van der Waals surface area (Å²) in [6.45, 7) is 8.76. The maximum atomic E-state index is 13.4. The molecule has 0 radical (unpaired) electrons. The molecule has 2 aliphatic carbocycles. The molecule has 8 heteroatoms. The molecule has 0 bridgehead atoms. The van der Waals surface area contributed by atoms with E-state index in [4.69, 9.17) is 0 Å². The highest BCUT2D eigenvalue weighted by Gasteiger charge is 2.42. The van der Waals surface area contributed by atoms with Crippen molar-refractivity contribution < 1.29 is 4.79 Å². The first-order valence-corrected chi connectivity index (χ1v) is 14.4. The molecule has 0 aliphatic heterocycles. The Morgan fingerprint density at radius 3 is 1.97 bits per heavy atom. The van der Waals surface area contributed by atoms with Crippen molar-refractivity contribution in [3.8, 4) is 0 Å². The van der Waals surface area contributed by atoms with Gasteiger partial charge >= 0.3 is 0 Å². The van der Waals surface area contributed by atoms with Crippen molar-refractivity contribution in [2.75, 3.05) is 13.1 Å². The van der Waals surface area contributed by atoms with Gasteiger partial charge in [-0.15, -0.1) is 0 Å². The van der Waals surface area contributed by atoms with Crippen molar-refractivity contribution in [3.63, 3.8) is 0 Å². The minimum atomic E-state index is -0.0318. The Kier molecular flexibility index (Phi) is 8.91. The molecular weight excluding hydrogens is 474 g/mol. The molecule has 3 aromatic rings. The molecule has 204 valence electrons. The van der Waals surface area contributed by atoms with Crippen LogP contribution < -0.4 is 5.32 Å². The molecule has 38 heavy (non-hydrogen) atoms. The zero-order chi connectivity index (χ0) is 26.3. The Balaban J connectivity index is 1.12. The first-order valence-electron chi connectivity index (χ1n) is 14.4. The van der Waals surface area contributed by atoms with Crippen molar-refractivity contribution in [2.24, 2.45) is 11.8 Å². The van der Waals surface area contributed by atoms with Gasteiger partial charge < -0.3 is 25.1 Å². The van der Waals surface area contributed by atoms with Gasteiger partial charge in [0.2, 0.25) is 0 Å². The van der Waals surface area contributed by atoms with E-state index in [1.165, 1.54) is 57.2 Å². The van der Waals surface area contributed by atoms with E-state index in [0.717, 1.165) is 36.1 Å². The zero-order valence-electron chi connectivity index (χ0n) is 22.9. The summed E-state index contributed by atoms with van der Waals surface area (Å²) in [4.78, 5) is 32.7. The number of benzene rings is 1. The molecule has 2 atom stereocenters. The molecule has 2 heterocycles. The third kappa shape index (κ3) is 6.53. The van der Waals surface area contributed by atoms with Crippen LogP contribution in [0.5, 0.6) is 0 Å². The second-order valence-electron chi connectivity index (χ2n) is 11.2. The van der Waals surface area contributed by atoms with Gasteiger partial charge in [-0.05, 0) is 81.1 Å². The highest BCUT2D eigenvalue weighted by atomic mass is 16.2. The average Bonchev–Trinajstić information content (AvgIpc) is 3.73. The van der Waals surface area contributed by atoms with Gasteiger partial charge in [-0.25, -0.2) is 9.97 Å². The van der Waals surface area contributed by atoms with Crippen LogP contribution in [-0.4, -0.2) is 60.8 Å². The molecule has 1 amide bonds. The van der Waals surface area contributed by atoms with E-state index in [1.807, 2.05) is 12.1 Å². The second kappa shape index (κ2) is 12.7. The van der Waals surface area contributed by atoms with Crippen LogP contribution in [0.3, 0.4) is 0 Å². The van der Waals surface area contributed by atoms with Gasteiger partial charge in [0.05, 0.1) is 13.1 Å². The molecule has 8 nitrogen and oxygen atoms in total. The first-order chi connectivity index (χ1) is 18.6. The summed E-state index contributed by atoms with van der Waals surface area (Å²) in [5.74, 6) is 3.23. The molecule has 0 saturated heterocycles. The van der Waals surface area contributed by atoms with Crippen molar-refractivity contribution in [3.05, 3.63) is 71.8 Å². The number of imidazole rings is 2. The second-order valence-corrected chi connectivity index (χ2v) is 11.2. The lowest BCUT2D eigenvalue weighted by Crippen LogP contribution is -2.36. The quantitative estimate of drug-likeness (QED) is 0.304. The van der Waals surface area contributed by atoms with Gasteiger partial charge in [0.25, 0.3) is 5.91 Å². The summed E-state index contributed by atoms with van der Waals surface area (Å²) < 4.78 is 0. The number of nitrogens with one attached hydrogen (secondary N) is 3. The predicted octanol–water partition coefficient (Wildman–Crippen LogP) is 4.74. The third-order valence-electron chi connectivity index (χ3n) is 8.40. The normalized spacial score (nSPS) is 22.7. The van der Waals surface area contributed by atoms with Crippen molar-refractivity contribution in [2.45, 2.75) is 84.1 Å². The van der Waals surface area contributed by atoms with E-state index < -0.39 is 0 Å². The Hall–Kier alpha value is -2.97. The predicted molar refractivity (Wildman–Crippen MR) is 149 cm³/mol. The summed E-state index contributed by atoms with van der Waals surface area (Å²) >= 11 is 0. The monoisotopic (exact) mass is 517 g/mol. The number of fused-ring (bicyclic) bond motifs is 1. The number of carbonyl (C=O) groups is 1. The van der Waals surface area contributed by atoms with Crippen LogP contribution in [0.1, 0.15) is 79.9 Å². The van der Waals surface area contributed by atoms with Crippen molar-refractivity contribution >= 4 is 5.91 Å². The first kappa shape index (κ1) is 26.6. The molecule has 5 rings (SSSR count). The lowest BCUT2D eigenvalue weighted by atomic mass is 10.0. The number of hydrogen-bond donors (Lipinski definition) is 3. The zero-order valence-corrected chi connectivity index (χ0v) is 22.9. The average molecular weight is 518 g/mol. The molecule has 0 spiro atoms. The van der Waals surface area contributed by atoms with Crippen LogP contribution in [0.2, 0.25) is 0 Å². The lowest BCUT2D eigenvalue weighted by molar-refractivity contribution is 0.0721. The van der Waals surface area contributed by atoms with Crippen LogP contribution in [0.15, 0.2) is 49.1 Å². The van der Waals surface area contributed by atoms with Crippen LogP contribution in [-0.2, 0) is 19.6 Å².